The molecule has 6 heteroatoms. The van der Waals surface area contributed by atoms with E-state index in [1.54, 1.807) is 9.80 Å². The Morgan fingerprint density at radius 2 is 2.00 bits per heavy atom. The monoisotopic (exact) mass is 330 g/mol. The first-order valence-electron chi connectivity index (χ1n) is 8.45. The van der Waals surface area contributed by atoms with Crippen LogP contribution in [0.5, 0.6) is 0 Å². The summed E-state index contributed by atoms with van der Waals surface area (Å²) in [4.78, 5) is 38.7. The van der Waals surface area contributed by atoms with Gasteiger partial charge in [-0.2, -0.15) is 0 Å². The van der Waals surface area contributed by atoms with E-state index in [4.69, 9.17) is 5.11 Å². The molecule has 128 valence electrons. The second-order valence-electron chi connectivity index (χ2n) is 6.44. The number of hydrogen-bond donors (Lipinski definition) is 1. The average Bonchev–Trinajstić information content (AvgIpc) is 3.07. The number of hydrogen-bond acceptors (Lipinski definition) is 3. The predicted molar refractivity (Wildman–Crippen MR) is 88.7 cm³/mol. The molecule has 0 radical (unpaired) electrons. The zero-order chi connectivity index (χ0) is 17.1. The molecular formula is C18H22N2O4. The Morgan fingerprint density at radius 3 is 2.75 bits per heavy atom. The minimum atomic E-state index is -0.833. The molecule has 0 spiro atoms. The van der Waals surface area contributed by atoms with Gasteiger partial charge in [-0.1, -0.05) is 18.2 Å². The number of carboxylic acids is 1. The quantitative estimate of drug-likeness (QED) is 0.891. The number of fused-ring (bicyclic) bond motifs is 1. The highest BCUT2D eigenvalue weighted by molar-refractivity contribution is 5.96. The molecule has 2 aliphatic heterocycles. The van der Waals surface area contributed by atoms with Crippen molar-refractivity contribution in [2.75, 3.05) is 24.5 Å². The lowest BCUT2D eigenvalue weighted by Crippen LogP contribution is -2.36. The highest BCUT2D eigenvalue weighted by atomic mass is 16.4. The van der Waals surface area contributed by atoms with E-state index in [1.165, 1.54) is 5.56 Å². The molecule has 1 saturated heterocycles. The van der Waals surface area contributed by atoms with E-state index < -0.39 is 11.9 Å². The smallest absolute Gasteiger partial charge is 0.308 e. The van der Waals surface area contributed by atoms with Crippen molar-refractivity contribution < 1.29 is 19.5 Å². The molecule has 6 nitrogen and oxygen atoms in total. The molecule has 0 aliphatic carbocycles. The summed E-state index contributed by atoms with van der Waals surface area (Å²) in [7, 11) is 0. The number of carboxylic acid groups (broad SMARTS) is 1. The largest absolute Gasteiger partial charge is 0.481 e. The van der Waals surface area contributed by atoms with Gasteiger partial charge in [-0.3, -0.25) is 14.4 Å². The Kier molecular flexibility index (Phi) is 4.83. The van der Waals surface area contributed by atoms with E-state index in [9.17, 15) is 14.4 Å². The van der Waals surface area contributed by atoms with Crippen molar-refractivity contribution >= 4 is 23.5 Å². The van der Waals surface area contributed by atoms with Gasteiger partial charge >= 0.3 is 5.97 Å². The van der Waals surface area contributed by atoms with E-state index in [1.807, 2.05) is 24.3 Å². The summed E-state index contributed by atoms with van der Waals surface area (Å²) in [5.74, 6) is -1.19. The number of anilines is 1. The van der Waals surface area contributed by atoms with Crippen molar-refractivity contribution in [3.63, 3.8) is 0 Å². The van der Waals surface area contributed by atoms with Crippen molar-refractivity contribution in [2.45, 2.75) is 32.1 Å². The third-order valence-electron chi connectivity index (χ3n) is 4.85. The molecule has 24 heavy (non-hydrogen) atoms. The van der Waals surface area contributed by atoms with Gasteiger partial charge in [0.05, 0.1) is 5.92 Å². The SMILES string of the molecule is O=C(O)C1CCN(C(=O)CCCN2C(=O)CCc3ccccc32)C1. The fraction of sp³-hybridized carbons (Fsp3) is 0.500. The minimum absolute atomic E-state index is 0.0171. The highest BCUT2D eigenvalue weighted by Gasteiger charge is 2.30. The van der Waals surface area contributed by atoms with Gasteiger partial charge in [0, 0.05) is 38.2 Å². The lowest BCUT2D eigenvalue weighted by atomic mass is 10.0. The number of carbonyl (C=O) groups is 3. The Labute approximate surface area is 141 Å². The van der Waals surface area contributed by atoms with Crippen LogP contribution >= 0.6 is 0 Å². The van der Waals surface area contributed by atoms with E-state index in [2.05, 4.69) is 0 Å². The number of para-hydroxylation sites is 1. The first kappa shape index (κ1) is 16.5. The molecule has 2 heterocycles. The summed E-state index contributed by atoms with van der Waals surface area (Å²) in [6.45, 7) is 1.35. The lowest BCUT2D eigenvalue weighted by molar-refractivity contribution is -0.141. The van der Waals surface area contributed by atoms with Crippen LogP contribution in [0.3, 0.4) is 0 Å². The summed E-state index contributed by atoms with van der Waals surface area (Å²) in [6.07, 6.45) is 2.75. The number of benzene rings is 1. The number of carbonyl (C=O) groups excluding carboxylic acids is 2. The first-order valence-corrected chi connectivity index (χ1v) is 8.45. The summed E-state index contributed by atoms with van der Waals surface area (Å²) in [6, 6.07) is 7.89. The van der Waals surface area contributed by atoms with Gasteiger partial charge in [0.1, 0.15) is 0 Å². The predicted octanol–water partition coefficient (Wildman–Crippen LogP) is 1.68. The standard InChI is InChI=1S/C18H22N2O4/c21-16(19-11-9-14(12-19)18(23)24)6-3-10-20-15-5-2-1-4-13(15)7-8-17(20)22/h1-2,4-5,14H,3,6-12H2,(H,23,24). The molecule has 2 amide bonds. The van der Waals surface area contributed by atoms with Gasteiger partial charge in [0.2, 0.25) is 11.8 Å². The molecule has 0 aromatic heterocycles. The van der Waals surface area contributed by atoms with Crippen LogP contribution in [0, 0.1) is 5.92 Å². The van der Waals surface area contributed by atoms with E-state index in [0.717, 1.165) is 12.1 Å². The normalized spacial score (nSPS) is 20.2. The van der Waals surface area contributed by atoms with Crippen LogP contribution in [0.15, 0.2) is 24.3 Å². The van der Waals surface area contributed by atoms with Crippen LogP contribution in [-0.2, 0) is 20.8 Å². The minimum Gasteiger partial charge on any atom is -0.481 e. The maximum Gasteiger partial charge on any atom is 0.308 e. The van der Waals surface area contributed by atoms with E-state index in [-0.39, 0.29) is 11.8 Å². The number of likely N-dealkylation sites (tertiary alicyclic amines) is 1. The fourth-order valence-electron chi connectivity index (χ4n) is 3.48. The maximum absolute atomic E-state index is 12.2. The second kappa shape index (κ2) is 7.03. The highest BCUT2D eigenvalue weighted by Crippen LogP contribution is 2.27. The molecule has 1 atom stereocenters. The molecular weight excluding hydrogens is 308 g/mol. The molecule has 1 aromatic rings. The number of aryl methyl sites for hydroxylation is 1. The summed E-state index contributed by atoms with van der Waals surface area (Å²) >= 11 is 0. The Morgan fingerprint density at radius 1 is 1.21 bits per heavy atom. The average molecular weight is 330 g/mol. The van der Waals surface area contributed by atoms with Crippen molar-refractivity contribution in [1.82, 2.24) is 4.90 Å². The maximum atomic E-state index is 12.2. The van der Waals surface area contributed by atoms with E-state index >= 15 is 0 Å². The van der Waals surface area contributed by atoms with Gasteiger partial charge in [0.15, 0.2) is 0 Å². The summed E-state index contributed by atoms with van der Waals surface area (Å²) < 4.78 is 0. The third kappa shape index (κ3) is 3.42. The molecule has 1 unspecified atom stereocenters. The first-order chi connectivity index (χ1) is 11.6. The lowest BCUT2D eigenvalue weighted by Gasteiger charge is -2.29. The number of aliphatic carboxylic acids is 1. The van der Waals surface area contributed by atoms with Crippen LogP contribution in [0.2, 0.25) is 0 Å². The number of rotatable bonds is 5. The van der Waals surface area contributed by atoms with Crippen molar-refractivity contribution in [3.05, 3.63) is 29.8 Å². The second-order valence-corrected chi connectivity index (χ2v) is 6.44. The van der Waals surface area contributed by atoms with Crippen molar-refractivity contribution in [1.29, 1.82) is 0 Å². The molecule has 2 aliphatic rings. The van der Waals surface area contributed by atoms with Gasteiger partial charge < -0.3 is 14.9 Å². The van der Waals surface area contributed by atoms with E-state index in [0.29, 0.717) is 45.3 Å². The summed E-state index contributed by atoms with van der Waals surface area (Å²) in [5.41, 5.74) is 2.13. The topological polar surface area (TPSA) is 77.9 Å². The van der Waals surface area contributed by atoms with Gasteiger partial charge in [-0.05, 0) is 30.9 Å². The summed E-state index contributed by atoms with van der Waals surface area (Å²) in [5, 5.41) is 9.00. The Bertz CT molecular complexity index is 658. The molecule has 0 saturated carbocycles. The molecule has 1 fully saturated rings. The zero-order valence-corrected chi connectivity index (χ0v) is 13.6. The molecule has 3 rings (SSSR count). The number of nitrogens with zero attached hydrogens (tertiary/aromatic N) is 2. The van der Waals surface area contributed by atoms with Crippen LogP contribution in [0.1, 0.15) is 31.2 Å². The van der Waals surface area contributed by atoms with Crippen LogP contribution in [-0.4, -0.2) is 47.4 Å². The van der Waals surface area contributed by atoms with Crippen molar-refractivity contribution in [3.8, 4) is 0 Å². The zero-order valence-electron chi connectivity index (χ0n) is 13.6. The fourth-order valence-corrected chi connectivity index (χ4v) is 3.48. The van der Waals surface area contributed by atoms with Crippen LogP contribution in [0.25, 0.3) is 0 Å². The molecule has 0 bridgehead atoms. The van der Waals surface area contributed by atoms with Crippen molar-refractivity contribution in [2.24, 2.45) is 5.92 Å². The molecule has 1 aromatic carbocycles. The Balaban J connectivity index is 1.52. The van der Waals surface area contributed by atoms with Gasteiger partial charge in [0.25, 0.3) is 0 Å². The van der Waals surface area contributed by atoms with Gasteiger partial charge in [-0.15, -0.1) is 0 Å². The molecule has 1 N–H and O–H groups in total. The number of amides is 2. The Hall–Kier alpha value is -2.37. The van der Waals surface area contributed by atoms with Crippen LogP contribution < -0.4 is 4.90 Å². The van der Waals surface area contributed by atoms with Crippen LogP contribution in [0.4, 0.5) is 5.69 Å². The van der Waals surface area contributed by atoms with Gasteiger partial charge in [-0.25, -0.2) is 0 Å². The third-order valence-corrected chi connectivity index (χ3v) is 4.85.